The van der Waals surface area contributed by atoms with Crippen molar-refractivity contribution < 1.29 is 27.9 Å². The number of hydrogen-bond acceptors (Lipinski definition) is 7. The molecule has 12 heteroatoms. The van der Waals surface area contributed by atoms with Gasteiger partial charge in [0.2, 0.25) is 0 Å². The molecule has 9 nitrogen and oxygen atoms in total. The first-order valence-electron chi connectivity index (χ1n) is 9.05. The molecule has 0 bridgehead atoms. The van der Waals surface area contributed by atoms with Crippen molar-refractivity contribution in [2.45, 2.75) is 38.9 Å². The van der Waals surface area contributed by atoms with Gasteiger partial charge in [-0.2, -0.15) is 23.4 Å². The number of alkyl halides is 3. The Morgan fingerprint density at radius 2 is 1.83 bits per heavy atom. The molecule has 2 N–H and O–H groups in total. The molecule has 0 fully saturated rings. The van der Waals surface area contributed by atoms with Gasteiger partial charge in [0.05, 0.1) is 23.7 Å². The van der Waals surface area contributed by atoms with E-state index in [1.54, 1.807) is 12.4 Å². The highest BCUT2D eigenvalue weighted by Gasteiger charge is 2.38. The average molecular weight is 426 g/mol. The predicted molar refractivity (Wildman–Crippen MR) is 99.8 cm³/mol. The number of fused-ring (bicyclic) bond motifs is 1. The van der Waals surface area contributed by atoms with Crippen LogP contribution < -0.4 is 5.32 Å². The molecule has 0 saturated carbocycles. The fourth-order valence-corrected chi connectivity index (χ4v) is 2.73. The lowest BCUT2D eigenvalue weighted by Crippen LogP contribution is -2.33. The maximum absolute atomic E-state index is 12.6. The molecule has 3 rings (SSSR count). The number of nitrogens with one attached hydrogen (secondary N) is 1. The van der Waals surface area contributed by atoms with Crippen LogP contribution in [0.2, 0.25) is 0 Å². The van der Waals surface area contributed by atoms with E-state index in [1.165, 1.54) is 12.4 Å². The Morgan fingerprint density at radius 1 is 1.17 bits per heavy atom. The van der Waals surface area contributed by atoms with Crippen molar-refractivity contribution in [3.05, 3.63) is 41.6 Å². The van der Waals surface area contributed by atoms with Gasteiger partial charge in [0.1, 0.15) is 12.1 Å². The fourth-order valence-electron chi connectivity index (χ4n) is 2.73. The lowest BCUT2D eigenvalue weighted by molar-refractivity contribution is -0.192. The summed E-state index contributed by atoms with van der Waals surface area (Å²) in [6.07, 6.45) is 1.03. The van der Waals surface area contributed by atoms with Crippen molar-refractivity contribution in [1.29, 1.82) is 0 Å². The third kappa shape index (κ3) is 6.36. The van der Waals surface area contributed by atoms with E-state index in [2.05, 4.69) is 39.3 Å². The molecule has 0 aliphatic carbocycles. The van der Waals surface area contributed by atoms with Crippen LogP contribution >= 0.6 is 0 Å². The van der Waals surface area contributed by atoms with Crippen LogP contribution in [0.5, 0.6) is 0 Å². The zero-order chi connectivity index (χ0) is 22.3. The summed E-state index contributed by atoms with van der Waals surface area (Å²) in [6, 6.07) is 2.00. The zero-order valence-electron chi connectivity index (χ0n) is 16.3. The number of aliphatic carboxylic acids is 1. The van der Waals surface area contributed by atoms with Gasteiger partial charge in [-0.05, 0) is 26.3 Å². The van der Waals surface area contributed by atoms with Crippen molar-refractivity contribution in [3.63, 3.8) is 0 Å². The molecule has 1 aliphatic rings. The molecule has 0 atom stereocenters. The molecule has 0 aromatic carbocycles. The first-order valence-corrected chi connectivity index (χ1v) is 9.05. The van der Waals surface area contributed by atoms with Gasteiger partial charge in [-0.15, -0.1) is 0 Å². The summed E-state index contributed by atoms with van der Waals surface area (Å²) < 4.78 is 31.7. The topological polar surface area (TPSA) is 121 Å². The van der Waals surface area contributed by atoms with E-state index in [9.17, 15) is 18.0 Å². The molecule has 1 aliphatic heterocycles. The van der Waals surface area contributed by atoms with E-state index in [-0.39, 0.29) is 5.91 Å². The largest absolute Gasteiger partial charge is 0.490 e. The Hall–Kier alpha value is -3.31. The minimum absolute atomic E-state index is 0.0148. The minimum Gasteiger partial charge on any atom is -0.475 e. The lowest BCUT2D eigenvalue weighted by Gasteiger charge is -2.19. The van der Waals surface area contributed by atoms with Gasteiger partial charge >= 0.3 is 12.1 Å². The van der Waals surface area contributed by atoms with Crippen LogP contribution in [0.15, 0.2) is 24.8 Å². The Labute approximate surface area is 170 Å². The summed E-state index contributed by atoms with van der Waals surface area (Å²) in [6.45, 7) is 5.45. The Morgan fingerprint density at radius 3 is 2.40 bits per heavy atom. The normalized spacial score (nSPS) is 13.6. The van der Waals surface area contributed by atoms with Gasteiger partial charge in [-0.3, -0.25) is 4.79 Å². The fraction of sp³-hybridized carbons (Fsp3) is 0.444. The molecule has 3 heterocycles. The number of halogens is 3. The highest BCUT2D eigenvalue weighted by Crippen LogP contribution is 2.21. The van der Waals surface area contributed by atoms with Crippen LogP contribution in [0.4, 0.5) is 19.0 Å². The van der Waals surface area contributed by atoms with Gasteiger partial charge in [-0.25, -0.2) is 14.8 Å². The molecule has 1 amide bonds. The van der Waals surface area contributed by atoms with Gasteiger partial charge in [0.25, 0.3) is 5.91 Å². The molecule has 0 saturated heterocycles. The summed E-state index contributed by atoms with van der Waals surface area (Å²) in [5, 5.41) is 18.0. The first kappa shape index (κ1) is 23.0. The average Bonchev–Trinajstić information content (AvgIpc) is 2.91. The summed E-state index contributed by atoms with van der Waals surface area (Å²) >= 11 is 0. The van der Waals surface area contributed by atoms with E-state index < -0.39 is 12.1 Å². The molecular weight excluding hydrogens is 405 g/mol. The van der Waals surface area contributed by atoms with Crippen molar-refractivity contribution in [2.75, 3.05) is 18.4 Å². The van der Waals surface area contributed by atoms with Crippen LogP contribution in [-0.4, -0.2) is 67.4 Å². The number of amides is 1. The predicted octanol–water partition coefficient (Wildman–Crippen LogP) is 1.96. The second-order valence-corrected chi connectivity index (χ2v) is 6.67. The molecule has 0 unspecified atom stereocenters. The molecule has 162 valence electrons. The van der Waals surface area contributed by atoms with Gasteiger partial charge in [-0.1, -0.05) is 0 Å². The number of carboxylic acids is 1. The van der Waals surface area contributed by atoms with Crippen LogP contribution in [0.25, 0.3) is 0 Å². The molecule has 2 aromatic rings. The highest BCUT2D eigenvalue weighted by atomic mass is 19.4. The maximum Gasteiger partial charge on any atom is 0.490 e. The number of carbonyl (C=O) groups excluding carboxylic acids is 1. The summed E-state index contributed by atoms with van der Waals surface area (Å²) in [5.41, 5.74) is 2.70. The zero-order valence-corrected chi connectivity index (χ0v) is 16.3. The van der Waals surface area contributed by atoms with E-state index in [4.69, 9.17) is 9.90 Å². The SMILES string of the molecule is CC(C)Nc1ncnc2c1CCN(C(=O)c1ccnnc1)CC2.O=C(O)C(F)(F)F. The first-order chi connectivity index (χ1) is 14.1. The number of anilines is 1. The number of carbonyl (C=O) groups is 2. The molecule has 30 heavy (non-hydrogen) atoms. The van der Waals surface area contributed by atoms with Crippen LogP contribution in [0.1, 0.15) is 35.5 Å². The van der Waals surface area contributed by atoms with Crippen molar-refractivity contribution >= 4 is 17.7 Å². The second-order valence-electron chi connectivity index (χ2n) is 6.67. The molecule has 0 radical (unpaired) electrons. The maximum atomic E-state index is 12.6. The minimum atomic E-state index is -5.08. The summed E-state index contributed by atoms with van der Waals surface area (Å²) in [5.74, 6) is -1.89. The standard InChI is InChI=1S/C16H20N6O.C2HF3O2/c1-11(2)21-15-13-4-7-22(8-5-14(13)17-10-18-15)16(23)12-3-6-19-20-9-12;3-2(4,5)1(6)7/h3,6,9-11H,4-5,7-8H2,1-2H3,(H,17,18,21);(H,6,7). The summed E-state index contributed by atoms with van der Waals surface area (Å²) in [4.78, 5) is 32.1. The quantitative estimate of drug-likeness (QED) is 0.764. The monoisotopic (exact) mass is 426 g/mol. The Kier molecular flexibility index (Phi) is 7.61. The van der Waals surface area contributed by atoms with E-state index in [1.807, 2.05) is 4.90 Å². The van der Waals surface area contributed by atoms with Crippen LogP contribution in [0, 0.1) is 0 Å². The molecule has 0 spiro atoms. The van der Waals surface area contributed by atoms with Crippen LogP contribution in [-0.2, 0) is 17.6 Å². The highest BCUT2D eigenvalue weighted by molar-refractivity contribution is 5.93. The van der Waals surface area contributed by atoms with Gasteiger partial charge in [0, 0.05) is 31.1 Å². The van der Waals surface area contributed by atoms with Gasteiger partial charge < -0.3 is 15.3 Å². The number of hydrogen-bond donors (Lipinski definition) is 2. The number of carboxylic acid groups (broad SMARTS) is 1. The van der Waals surface area contributed by atoms with E-state index in [0.29, 0.717) is 24.7 Å². The van der Waals surface area contributed by atoms with E-state index >= 15 is 0 Å². The second kappa shape index (κ2) is 9.94. The molecule has 2 aromatic heterocycles. The van der Waals surface area contributed by atoms with Gasteiger partial charge in [0.15, 0.2) is 0 Å². The third-order valence-electron chi connectivity index (χ3n) is 4.07. The number of aromatic nitrogens is 4. The van der Waals surface area contributed by atoms with Crippen molar-refractivity contribution in [2.24, 2.45) is 0 Å². The smallest absolute Gasteiger partial charge is 0.475 e. The summed E-state index contributed by atoms with van der Waals surface area (Å²) in [7, 11) is 0. The lowest BCUT2D eigenvalue weighted by atomic mass is 10.1. The van der Waals surface area contributed by atoms with E-state index in [0.717, 1.165) is 29.9 Å². The Balaban J connectivity index is 0.000000396. The number of rotatable bonds is 3. The van der Waals surface area contributed by atoms with Crippen molar-refractivity contribution in [1.82, 2.24) is 25.1 Å². The third-order valence-corrected chi connectivity index (χ3v) is 4.07. The molecular formula is C18H21F3N6O3. The number of nitrogens with zero attached hydrogens (tertiary/aromatic N) is 5. The van der Waals surface area contributed by atoms with Crippen molar-refractivity contribution in [3.8, 4) is 0 Å². The Bertz CT molecular complexity index is 877. The van der Waals surface area contributed by atoms with Crippen LogP contribution in [0.3, 0.4) is 0 Å².